The highest BCUT2D eigenvalue weighted by atomic mass is 32.2. The number of Topliss-reactive ketones (excluding diaryl/α,β-unsaturated/α-hetero) is 1. The first kappa shape index (κ1) is 41.6. The Kier molecular flexibility index (Phi) is 13.0. The van der Waals surface area contributed by atoms with Gasteiger partial charge in [-0.15, -0.1) is 0 Å². The number of phenols is 4. The molecule has 4 aromatic rings. The molecule has 11 heteroatoms. The van der Waals surface area contributed by atoms with E-state index in [0.717, 1.165) is 11.1 Å². The van der Waals surface area contributed by atoms with E-state index in [1.165, 1.54) is 42.5 Å². The number of benzene rings is 4. The summed E-state index contributed by atoms with van der Waals surface area (Å²) in [7, 11) is -2.72. The van der Waals surface area contributed by atoms with Crippen molar-refractivity contribution in [2.24, 2.45) is 0 Å². The number of aromatic hydroxyl groups is 4. The van der Waals surface area contributed by atoms with Crippen LogP contribution >= 0.6 is 0 Å². The molecule has 0 heterocycles. The third-order valence-corrected chi connectivity index (χ3v) is 11.4. The van der Waals surface area contributed by atoms with Crippen molar-refractivity contribution in [1.82, 2.24) is 5.32 Å². The summed E-state index contributed by atoms with van der Waals surface area (Å²) in [6, 6.07) is 14.3. The van der Waals surface area contributed by atoms with E-state index in [9.17, 15) is 33.6 Å². The molecule has 0 saturated carbocycles. The summed E-state index contributed by atoms with van der Waals surface area (Å²) in [6.07, 6.45) is 4.15. The van der Waals surface area contributed by atoms with E-state index in [1.54, 1.807) is 19.1 Å². The average Bonchev–Trinajstić information content (AvgIpc) is 3.14. The fourth-order valence-electron chi connectivity index (χ4n) is 6.96. The van der Waals surface area contributed by atoms with E-state index >= 15 is 0 Å². The van der Waals surface area contributed by atoms with Crippen molar-refractivity contribution >= 4 is 27.7 Å². The number of allylic oxidation sites excluding steroid dienone is 1. The zero-order valence-electron chi connectivity index (χ0n) is 32.3. The molecule has 1 aliphatic rings. The Morgan fingerprint density at radius 1 is 0.889 bits per heavy atom. The zero-order chi connectivity index (χ0) is 40.1. The number of carbonyl (C=O) groups excluding carboxylic acids is 1. The molecule has 2 unspecified atom stereocenters. The highest BCUT2D eigenvalue weighted by Crippen LogP contribution is 2.47. The quantitative estimate of drug-likeness (QED) is 0.0737. The van der Waals surface area contributed by atoms with Crippen molar-refractivity contribution in [3.8, 4) is 28.7 Å². The molecule has 0 aliphatic heterocycles. The number of rotatable bonds is 13. The van der Waals surface area contributed by atoms with Crippen molar-refractivity contribution in [3.63, 3.8) is 0 Å². The van der Waals surface area contributed by atoms with Crippen molar-refractivity contribution in [2.75, 3.05) is 7.05 Å². The summed E-state index contributed by atoms with van der Waals surface area (Å²) >= 11 is 0. The van der Waals surface area contributed by atoms with Gasteiger partial charge in [0.15, 0.2) is 5.75 Å². The minimum Gasteiger partial charge on any atom is -0.508 e. The molecule has 0 radical (unpaired) electrons. The maximum Gasteiger partial charge on any atom is 0.339 e. The van der Waals surface area contributed by atoms with Gasteiger partial charge < -0.3 is 29.9 Å². The van der Waals surface area contributed by atoms with E-state index in [4.69, 9.17) is 9.59 Å². The fourth-order valence-corrected chi connectivity index (χ4v) is 8.17. The smallest absolute Gasteiger partial charge is 0.339 e. The number of phenolic OH excluding ortho intramolecular Hbond substituents is 4. The molecule has 4 aromatic carbocycles. The second-order valence-electron chi connectivity index (χ2n) is 13.8. The summed E-state index contributed by atoms with van der Waals surface area (Å²) in [4.78, 5) is 12.4. The van der Waals surface area contributed by atoms with Gasteiger partial charge in [-0.25, -0.2) is 0 Å². The normalized spacial score (nSPS) is 14.1. The molecule has 2 atom stereocenters. The Hall–Kier alpha value is -5.13. The molecule has 10 nitrogen and oxygen atoms in total. The third-order valence-electron chi connectivity index (χ3n) is 10.1. The number of hydrogen-bond acceptors (Lipinski definition) is 10. The number of ketones is 1. The Morgan fingerprint density at radius 3 is 2.19 bits per heavy atom. The summed E-state index contributed by atoms with van der Waals surface area (Å²) in [6.45, 7) is 13.5. The van der Waals surface area contributed by atoms with Gasteiger partial charge in [0, 0.05) is 40.1 Å². The van der Waals surface area contributed by atoms with Gasteiger partial charge in [0.05, 0.1) is 0 Å². The third kappa shape index (κ3) is 8.32. The standard InChI is InChI=1S/C41H46N2O8S.C2H6/c1-7-29-33(44)16-13-26(40(29)51-52(49,50)35-11-9-10-31-30(35)14-15-32(42)39(31)48)22-41(5,8-2)36-34(45)17-12-25(38(36)47)21-28-19-23(3)18-27(37(28)46)20-24(4)43-6;1-2/h9-19,24,42-47H,7-8,20-22H2,1-6H3;1-2H3. The molecule has 6 N–H and O–H groups in total. The van der Waals surface area contributed by atoms with Crippen LogP contribution in [0.25, 0.3) is 6.08 Å². The van der Waals surface area contributed by atoms with Gasteiger partial charge in [-0.2, -0.15) is 8.42 Å². The fraction of sp³-hybridized carbons (Fsp3) is 0.349. The van der Waals surface area contributed by atoms with Gasteiger partial charge in [-0.05, 0) is 93.1 Å². The van der Waals surface area contributed by atoms with Crippen molar-refractivity contribution < 1.29 is 37.8 Å². The van der Waals surface area contributed by atoms with Gasteiger partial charge in [0.25, 0.3) is 0 Å². The zero-order valence-corrected chi connectivity index (χ0v) is 33.1. The lowest BCUT2D eigenvalue weighted by Crippen LogP contribution is -2.26. The number of hydrogen-bond donors (Lipinski definition) is 6. The molecular weight excluding hydrogens is 705 g/mol. The SMILES string of the molecule is CC.CCc1c(O)ccc(CC(C)(CC)c2c(O)ccc(Cc3cc(C)cc(CC(C)NC)c3O)c2O)c1OS(=O)(=O)c1cccc2c1C=CC(=N)C2=O. The largest absolute Gasteiger partial charge is 0.508 e. The van der Waals surface area contributed by atoms with Gasteiger partial charge in [-0.1, -0.05) is 82.7 Å². The number of fused-ring (bicyclic) bond motifs is 1. The first-order valence-electron chi connectivity index (χ1n) is 18.3. The monoisotopic (exact) mass is 756 g/mol. The maximum absolute atomic E-state index is 14.0. The molecule has 288 valence electrons. The van der Waals surface area contributed by atoms with E-state index in [1.807, 2.05) is 60.7 Å². The molecule has 0 saturated heterocycles. The Morgan fingerprint density at radius 2 is 1.54 bits per heavy atom. The molecular formula is C43H52N2O8S. The number of likely N-dealkylation sites (N-methyl/N-ethyl adjacent to an activating group) is 1. The topological polar surface area (TPSA) is 177 Å². The predicted octanol–water partition coefficient (Wildman–Crippen LogP) is 8.05. The highest BCUT2D eigenvalue weighted by molar-refractivity contribution is 7.87. The first-order valence-corrected chi connectivity index (χ1v) is 19.7. The Balaban J connectivity index is 0.00000319. The van der Waals surface area contributed by atoms with Gasteiger partial charge >= 0.3 is 10.1 Å². The summed E-state index contributed by atoms with van der Waals surface area (Å²) < 4.78 is 33.8. The van der Waals surface area contributed by atoms with Crippen molar-refractivity contribution in [1.29, 1.82) is 5.41 Å². The van der Waals surface area contributed by atoms with Crippen LogP contribution in [0.3, 0.4) is 0 Å². The lowest BCUT2D eigenvalue weighted by atomic mass is 9.73. The van der Waals surface area contributed by atoms with Crippen LogP contribution in [0.1, 0.15) is 103 Å². The van der Waals surface area contributed by atoms with Crippen LogP contribution in [0.5, 0.6) is 28.7 Å². The molecule has 1 aliphatic carbocycles. The van der Waals surface area contributed by atoms with Crippen molar-refractivity contribution in [2.45, 2.75) is 96.9 Å². The van der Waals surface area contributed by atoms with Gasteiger partial charge in [0.2, 0.25) is 5.78 Å². The van der Waals surface area contributed by atoms with E-state index in [-0.39, 0.29) is 86.9 Å². The van der Waals surface area contributed by atoms with Crippen LogP contribution in [0.15, 0.2) is 65.6 Å². The number of carbonyl (C=O) groups is 1. The van der Waals surface area contributed by atoms with Gasteiger partial charge in [0.1, 0.15) is 33.6 Å². The summed E-state index contributed by atoms with van der Waals surface area (Å²) in [5, 5.41) is 56.2. The maximum atomic E-state index is 14.0. The molecule has 5 rings (SSSR count). The van der Waals surface area contributed by atoms with Gasteiger partial charge in [-0.3, -0.25) is 10.2 Å². The van der Waals surface area contributed by atoms with E-state index in [2.05, 4.69) is 5.32 Å². The van der Waals surface area contributed by atoms with E-state index in [0.29, 0.717) is 29.5 Å². The second-order valence-corrected chi connectivity index (χ2v) is 15.3. The minimum atomic E-state index is -4.58. The molecule has 0 fully saturated rings. The second kappa shape index (κ2) is 16.9. The molecule has 0 spiro atoms. The van der Waals surface area contributed by atoms with E-state index < -0.39 is 21.3 Å². The molecule has 0 aromatic heterocycles. The Bertz CT molecular complexity index is 2210. The number of aryl methyl sites for hydroxylation is 1. The van der Waals surface area contributed by atoms with Crippen LogP contribution in [0.4, 0.5) is 0 Å². The molecule has 0 amide bonds. The highest BCUT2D eigenvalue weighted by Gasteiger charge is 2.35. The molecule has 0 bridgehead atoms. The van der Waals surface area contributed by atoms with Crippen LogP contribution in [0.2, 0.25) is 0 Å². The van der Waals surface area contributed by atoms with Crippen LogP contribution in [0, 0.1) is 12.3 Å². The van der Waals surface area contributed by atoms with Crippen LogP contribution in [-0.4, -0.2) is 53.4 Å². The summed E-state index contributed by atoms with van der Waals surface area (Å²) in [5.41, 5.74) is 2.72. The van der Waals surface area contributed by atoms with Crippen LogP contribution in [-0.2, 0) is 41.2 Å². The predicted molar refractivity (Wildman–Crippen MR) is 213 cm³/mol. The first-order chi connectivity index (χ1) is 25.5. The summed E-state index contributed by atoms with van der Waals surface area (Å²) in [5.74, 6) is -0.993. The lowest BCUT2D eigenvalue weighted by Gasteiger charge is -2.32. The minimum absolute atomic E-state index is 0.0659. The van der Waals surface area contributed by atoms with Crippen LogP contribution < -0.4 is 9.50 Å². The Labute approximate surface area is 318 Å². The number of nitrogens with one attached hydrogen (secondary N) is 2. The average molecular weight is 757 g/mol. The lowest BCUT2D eigenvalue weighted by molar-refractivity contribution is 0.106. The molecule has 54 heavy (non-hydrogen) atoms. The van der Waals surface area contributed by atoms with Crippen molar-refractivity contribution in [3.05, 3.63) is 111 Å².